The molecule has 25 heavy (non-hydrogen) atoms. The average molecular weight is 365 g/mol. The molecule has 0 aromatic carbocycles. The van der Waals surface area contributed by atoms with Crippen molar-refractivity contribution in [1.82, 2.24) is 0 Å². The highest BCUT2D eigenvalue weighted by molar-refractivity contribution is 6.30. The van der Waals surface area contributed by atoms with Crippen molar-refractivity contribution in [1.29, 1.82) is 0 Å². The number of allylic oxidation sites excluding steroid dienone is 3. The van der Waals surface area contributed by atoms with Crippen LogP contribution >= 0.6 is 11.6 Å². The van der Waals surface area contributed by atoms with Crippen molar-refractivity contribution >= 4 is 17.4 Å². The van der Waals surface area contributed by atoms with Crippen LogP contribution < -0.4 is 0 Å². The lowest BCUT2D eigenvalue weighted by Gasteiger charge is -2.62. The molecule has 0 aromatic rings. The Morgan fingerprint density at radius 3 is 2.84 bits per heavy atom. The van der Waals surface area contributed by atoms with E-state index in [9.17, 15) is 15.0 Å². The molecule has 7 atom stereocenters. The highest BCUT2D eigenvalue weighted by Crippen LogP contribution is 2.64. The van der Waals surface area contributed by atoms with Crippen LogP contribution in [0.15, 0.2) is 22.8 Å². The van der Waals surface area contributed by atoms with Gasteiger partial charge in [0.1, 0.15) is 5.60 Å². The van der Waals surface area contributed by atoms with Crippen LogP contribution in [0.2, 0.25) is 0 Å². The Hall–Kier alpha value is -0.640. The van der Waals surface area contributed by atoms with Crippen LogP contribution in [0.3, 0.4) is 0 Å². The Kier molecular flexibility index (Phi) is 4.22. The summed E-state index contributed by atoms with van der Waals surface area (Å²) < 4.78 is 0. The third-order valence-electron chi connectivity index (χ3n) is 8.15. The number of hydrogen-bond donors (Lipinski definition) is 2. The second-order valence-electron chi connectivity index (χ2n) is 9.12. The van der Waals surface area contributed by atoms with Crippen LogP contribution in [0, 0.1) is 35.0 Å². The monoisotopic (exact) mass is 364 g/mol. The minimum atomic E-state index is -1.32. The lowest BCUT2D eigenvalue weighted by molar-refractivity contribution is -0.166. The summed E-state index contributed by atoms with van der Waals surface area (Å²) in [5.41, 5.74) is -0.328. The summed E-state index contributed by atoms with van der Waals surface area (Å²) in [5.74, 6) is 2.77. The zero-order valence-electron chi connectivity index (χ0n) is 15.2. The van der Waals surface area contributed by atoms with Gasteiger partial charge in [0.2, 0.25) is 0 Å². The molecule has 2 saturated carbocycles. The van der Waals surface area contributed by atoms with Gasteiger partial charge in [0.05, 0.1) is 6.61 Å². The number of carbonyl (C=O) groups is 1. The lowest BCUT2D eigenvalue weighted by atomic mass is 9.44. The largest absolute Gasteiger partial charge is 0.393 e. The van der Waals surface area contributed by atoms with Crippen molar-refractivity contribution in [2.75, 3.05) is 6.61 Å². The average Bonchev–Trinajstić information content (AvgIpc) is 2.58. The molecule has 2 N–H and O–H groups in total. The molecule has 4 aliphatic carbocycles. The van der Waals surface area contributed by atoms with Gasteiger partial charge in [-0.15, -0.1) is 0 Å². The number of halogens is 1. The fraction of sp³-hybridized carbons (Fsp3) is 0.762. The van der Waals surface area contributed by atoms with Crippen LogP contribution in [-0.2, 0) is 4.79 Å². The smallest absolute Gasteiger partial charge is 0.155 e. The van der Waals surface area contributed by atoms with Gasteiger partial charge in [-0.05, 0) is 67.8 Å². The van der Waals surface area contributed by atoms with Crippen molar-refractivity contribution in [2.45, 2.75) is 58.0 Å². The van der Waals surface area contributed by atoms with Gasteiger partial charge in [-0.3, -0.25) is 4.79 Å². The zero-order valence-corrected chi connectivity index (χ0v) is 15.9. The Morgan fingerprint density at radius 1 is 1.36 bits per heavy atom. The zero-order chi connectivity index (χ0) is 18.0. The molecule has 0 bridgehead atoms. The van der Waals surface area contributed by atoms with Gasteiger partial charge in [-0.2, -0.15) is 0 Å². The van der Waals surface area contributed by atoms with Crippen LogP contribution in [-0.4, -0.2) is 28.2 Å². The van der Waals surface area contributed by atoms with E-state index in [1.165, 1.54) is 5.57 Å². The maximum Gasteiger partial charge on any atom is 0.155 e. The number of fused-ring (bicyclic) bond motifs is 5. The quantitative estimate of drug-likeness (QED) is 0.743. The normalized spacial score (nSPS) is 49.5. The van der Waals surface area contributed by atoms with E-state index >= 15 is 0 Å². The molecule has 0 aromatic heterocycles. The first-order chi connectivity index (χ1) is 11.8. The molecular weight excluding hydrogens is 336 g/mol. The molecule has 4 aliphatic rings. The van der Waals surface area contributed by atoms with Crippen LogP contribution in [0.4, 0.5) is 0 Å². The Bertz CT molecular complexity index is 654. The molecule has 0 amide bonds. The highest BCUT2D eigenvalue weighted by Gasteiger charge is 2.62. The van der Waals surface area contributed by atoms with Crippen molar-refractivity contribution in [2.24, 2.45) is 35.0 Å². The predicted octanol–water partition coefficient (Wildman–Crippen LogP) is 3.83. The summed E-state index contributed by atoms with van der Waals surface area (Å²) in [6.45, 7) is 4.11. The van der Waals surface area contributed by atoms with Gasteiger partial charge < -0.3 is 10.2 Å². The van der Waals surface area contributed by atoms with Crippen molar-refractivity contribution < 1.29 is 15.0 Å². The standard InChI is InChI=1S/C21H29ClO3/c1-12-9-13-10-14(24)3-4-15(13)16-7-8-20(2)17(19(12)16)5-6-18(22)21(20,25)11-23/h6,10,12,15-17,19,23,25H,3-5,7-9,11H2,1-2H3/t12-,15+,16-,17+,19-,20+,21+/m1/s1. The Morgan fingerprint density at radius 2 is 2.12 bits per heavy atom. The van der Waals surface area contributed by atoms with E-state index < -0.39 is 5.60 Å². The molecule has 0 heterocycles. The molecule has 0 unspecified atom stereocenters. The molecule has 4 rings (SSSR count). The third kappa shape index (κ3) is 2.35. The number of hydrogen-bond acceptors (Lipinski definition) is 3. The summed E-state index contributed by atoms with van der Waals surface area (Å²) >= 11 is 6.38. The van der Waals surface area contributed by atoms with E-state index in [0.717, 1.165) is 32.1 Å². The number of carbonyl (C=O) groups excluding carboxylic acids is 1. The van der Waals surface area contributed by atoms with E-state index in [1.54, 1.807) is 0 Å². The van der Waals surface area contributed by atoms with Crippen molar-refractivity contribution in [3.63, 3.8) is 0 Å². The van der Waals surface area contributed by atoms with Gasteiger partial charge in [0, 0.05) is 16.9 Å². The lowest BCUT2D eigenvalue weighted by Crippen LogP contribution is -2.62. The molecule has 0 radical (unpaired) electrons. The summed E-state index contributed by atoms with van der Waals surface area (Å²) in [7, 11) is 0. The first-order valence-electron chi connectivity index (χ1n) is 9.74. The summed E-state index contributed by atoms with van der Waals surface area (Å²) in [6.07, 6.45) is 9.34. The fourth-order valence-electron chi connectivity index (χ4n) is 6.79. The van der Waals surface area contributed by atoms with Crippen LogP contribution in [0.1, 0.15) is 52.4 Å². The van der Waals surface area contributed by atoms with Crippen LogP contribution in [0.25, 0.3) is 0 Å². The van der Waals surface area contributed by atoms with Gasteiger partial charge in [0.15, 0.2) is 5.78 Å². The van der Waals surface area contributed by atoms with Gasteiger partial charge in [-0.1, -0.05) is 37.1 Å². The van der Waals surface area contributed by atoms with Gasteiger partial charge in [-0.25, -0.2) is 0 Å². The minimum Gasteiger partial charge on any atom is -0.393 e. The van der Waals surface area contributed by atoms with Gasteiger partial charge in [0.25, 0.3) is 0 Å². The minimum absolute atomic E-state index is 0.291. The number of ketones is 1. The van der Waals surface area contributed by atoms with E-state index in [2.05, 4.69) is 13.8 Å². The first-order valence-corrected chi connectivity index (χ1v) is 10.1. The third-order valence-corrected chi connectivity index (χ3v) is 8.62. The predicted molar refractivity (Wildman–Crippen MR) is 98.0 cm³/mol. The summed E-state index contributed by atoms with van der Waals surface area (Å²) in [4.78, 5) is 11.9. The van der Waals surface area contributed by atoms with E-state index in [1.807, 2.05) is 12.2 Å². The number of aliphatic hydroxyl groups is 2. The maximum atomic E-state index is 11.9. The van der Waals surface area contributed by atoms with Crippen LogP contribution in [0.5, 0.6) is 0 Å². The van der Waals surface area contributed by atoms with Crippen molar-refractivity contribution in [3.05, 3.63) is 22.8 Å². The molecular formula is C21H29ClO3. The van der Waals surface area contributed by atoms with E-state index in [-0.39, 0.29) is 12.0 Å². The first kappa shape index (κ1) is 17.8. The molecule has 0 saturated heterocycles. The number of rotatable bonds is 1. The topological polar surface area (TPSA) is 57.5 Å². The Balaban J connectivity index is 1.73. The molecule has 0 spiro atoms. The molecule has 4 heteroatoms. The Labute approximate surface area is 155 Å². The summed E-state index contributed by atoms with van der Waals surface area (Å²) in [5, 5.41) is 21.6. The SMILES string of the molecule is C[C@@H]1CC2=CC(=O)CC[C@@H]2[C@H]2CC[C@@]3(C)[C@@H](CC=C(Cl)[C@@]3(O)CO)[C@@H]21. The molecule has 2 fully saturated rings. The molecule has 3 nitrogen and oxygen atoms in total. The maximum absolute atomic E-state index is 11.9. The van der Waals surface area contributed by atoms with Crippen molar-refractivity contribution in [3.8, 4) is 0 Å². The highest BCUT2D eigenvalue weighted by atomic mass is 35.5. The molecule has 138 valence electrons. The van der Waals surface area contributed by atoms with Gasteiger partial charge >= 0.3 is 0 Å². The number of aliphatic hydroxyl groups excluding tert-OH is 1. The second kappa shape index (κ2) is 5.94. The van der Waals surface area contributed by atoms with E-state index in [0.29, 0.717) is 46.8 Å². The van der Waals surface area contributed by atoms with E-state index in [4.69, 9.17) is 11.6 Å². The summed E-state index contributed by atoms with van der Waals surface area (Å²) in [6, 6.07) is 0. The fourth-order valence-corrected chi connectivity index (χ4v) is 7.16. The molecule has 0 aliphatic heterocycles. The second-order valence-corrected chi connectivity index (χ2v) is 9.53.